The maximum absolute atomic E-state index is 6.62. The molecule has 1 radical (unpaired) electrons. The Morgan fingerprint density at radius 3 is 2.09 bits per heavy atom. The van der Waals surface area contributed by atoms with Gasteiger partial charge in [0.15, 0.2) is 0 Å². The first-order valence-corrected chi connectivity index (χ1v) is 20.4. The fourth-order valence-electron chi connectivity index (χ4n) is 7.48. The van der Waals surface area contributed by atoms with E-state index in [1.165, 1.54) is 50.1 Å². The zero-order valence-corrected chi connectivity index (χ0v) is 37.8. The van der Waals surface area contributed by atoms with Crippen LogP contribution in [0.5, 0.6) is 0 Å². The first-order valence-electron chi connectivity index (χ1n) is 19.6. The quantitative estimate of drug-likeness (QED) is 0.161. The molecule has 9 aromatic rings. The maximum Gasteiger partial charge on any atom is 0.148 e. The molecule has 0 atom stereocenters. The van der Waals surface area contributed by atoms with E-state index < -0.39 is 0 Å². The van der Waals surface area contributed by atoms with Gasteiger partial charge in [-0.25, -0.2) is 4.98 Å². The summed E-state index contributed by atoms with van der Waals surface area (Å²) in [5.41, 5.74) is 17.5. The minimum Gasteiger partial charge on any atom is -0.498 e. The number of nitrogens with zero attached hydrogens (tertiary/aromatic N) is 3. The average molecular weight is 954 g/mol. The van der Waals surface area contributed by atoms with Gasteiger partial charge in [0.2, 0.25) is 0 Å². The molecular formula is C52H47IrN3OS-2. The van der Waals surface area contributed by atoms with E-state index in [2.05, 4.69) is 164 Å². The van der Waals surface area contributed by atoms with Crippen LogP contribution in [0.4, 0.5) is 0 Å². The summed E-state index contributed by atoms with van der Waals surface area (Å²) in [7, 11) is 0. The van der Waals surface area contributed by atoms with Crippen LogP contribution < -0.4 is 0 Å². The molecule has 0 bridgehead atoms. The maximum atomic E-state index is 6.62. The number of rotatable bonds is 5. The molecule has 5 aromatic carbocycles. The van der Waals surface area contributed by atoms with Gasteiger partial charge >= 0.3 is 0 Å². The van der Waals surface area contributed by atoms with E-state index in [0.29, 0.717) is 5.92 Å². The van der Waals surface area contributed by atoms with Gasteiger partial charge in [0.05, 0.1) is 15.3 Å². The third kappa shape index (κ3) is 7.94. The Kier molecular flexibility index (Phi) is 11.7. The molecule has 0 fully saturated rings. The molecule has 293 valence electrons. The summed E-state index contributed by atoms with van der Waals surface area (Å²) < 4.78 is 7.77. The topological polar surface area (TPSA) is 51.8 Å². The van der Waals surface area contributed by atoms with Crippen molar-refractivity contribution in [2.24, 2.45) is 0 Å². The van der Waals surface area contributed by atoms with Crippen molar-refractivity contribution < 1.29 is 24.5 Å². The van der Waals surface area contributed by atoms with E-state index in [4.69, 9.17) is 14.4 Å². The predicted octanol–water partition coefficient (Wildman–Crippen LogP) is 14.6. The van der Waals surface area contributed by atoms with Crippen molar-refractivity contribution in [3.63, 3.8) is 0 Å². The van der Waals surface area contributed by atoms with Crippen LogP contribution in [-0.2, 0) is 25.5 Å². The first kappa shape index (κ1) is 40.9. The Labute approximate surface area is 359 Å². The van der Waals surface area contributed by atoms with Crippen LogP contribution in [0.2, 0.25) is 0 Å². The predicted molar refractivity (Wildman–Crippen MR) is 240 cm³/mol. The minimum absolute atomic E-state index is 0. The summed E-state index contributed by atoms with van der Waals surface area (Å²) in [6.07, 6.45) is 3.97. The van der Waals surface area contributed by atoms with Gasteiger partial charge in [-0.1, -0.05) is 119 Å². The number of furan rings is 1. The zero-order chi connectivity index (χ0) is 40.0. The van der Waals surface area contributed by atoms with E-state index >= 15 is 0 Å². The number of aryl methyl sites for hydroxylation is 4. The molecule has 0 N–H and O–H groups in total. The zero-order valence-electron chi connectivity index (χ0n) is 34.5. The molecule has 0 aliphatic carbocycles. The summed E-state index contributed by atoms with van der Waals surface area (Å²) in [6, 6.07) is 42.6. The van der Waals surface area contributed by atoms with Gasteiger partial charge in [-0.2, -0.15) is 0 Å². The number of hydrogen-bond donors (Lipinski definition) is 0. The van der Waals surface area contributed by atoms with Crippen LogP contribution >= 0.6 is 11.3 Å². The van der Waals surface area contributed by atoms with Gasteiger partial charge in [-0.15, -0.1) is 64.9 Å². The van der Waals surface area contributed by atoms with Crippen LogP contribution in [0.1, 0.15) is 73.4 Å². The van der Waals surface area contributed by atoms with Crippen LogP contribution in [0.3, 0.4) is 0 Å². The molecule has 4 aromatic heterocycles. The monoisotopic (exact) mass is 954 g/mol. The fourth-order valence-corrected chi connectivity index (χ4v) is 8.50. The molecule has 6 heteroatoms. The number of pyridine rings is 2. The Morgan fingerprint density at radius 1 is 0.690 bits per heavy atom. The van der Waals surface area contributed by atoms with Gasteiger partial charge in [-0.05, 0) is 88.7 Å². The number of benzene rings is 5. The molecule has 0 unspecified atom stereocenters. The number of fused-ring (bicyclic) bond motifs is 5. The second-order valence-corrected chi connectivity index (χ2v) is 17.4. The minimum atomic E-state index is -0.00680. The van der Waals surface area contributed by atoms with E-state index in [1.54, 1.807) is 11.3 Å². The summed E-state index contributed by atoms with van der Waals surface area (Å²) in [5.74, 6) is 0.358. The molecular weight excluding hydrogens is 907 g/mol. The molecule has 0 saturated heterocycles. The van der Waals surface area contributed by atoms with Crippen molar-refractivity contribution in [2.45, 2.75) is 73.6 Å². The van der Waals surface area contributed by atoms with Crippen molar-refractivity contribution in [3.8, 4) is 44.8 Å². The molecule has 0 amide bonds. The standard InChI is InChI=1S/C33H31N2OS.C19H16N.Ir/c1-18(2)25-17-34-26(16-24(25)28-19(3)10-8-11-20(28)4)23-13-9-12-21-22-14-15-27-29(31(22)36-30(21)23)35-32(37-27)33(5,6)7;1-14-8-10-17(11-9-14)19-12-18(15(2)13-20-19)16-6-4-3-5-7-16;/h8-12,14-18H,1-7H3;3-10,12-13H,1-2H3;/q2*-1;. The Hall–Kier alpha value is -5.26. The summed E-state index contributed by atoms with van der Waals surface area (Å²) in [6.45, 7) is 19.6. The molecule has 4 heterocycles. The Morgan fingerprint density at radius 2 is 1.40 bits per heavy atom. The van der Waals surface area contributed by atoms with Crippen molar-refractivity contribution >= 4 is 43.5 Å². The number of aromatic nitrogens is 3. The average Bonchev–Trinajstić information content (AvgIpc) is 3.82. The molecule has 0 saturated carbocycles. The van der Waals surface area contributed by atoms with Crippen LogP contribution in [0, 0.1) is 39.8 Å². The Bertz CT molecular complexity index is 2880. The SMILES string of the molecule is Cc1c[c-]c(-c2cc(-c3ccccc3)c(C)cn2)cc1.Cc1cccc(C)c1-c1cc(-c2[c-]ccc3c2oc2c3ccc3sc(C(C)(C)C)nc32)ncc1C(C)C.[Ir]. The molecule has 0 aliphatic heterocycles. The number of thiazole rings is 1. The van der Waals surface area contributed by atoms with Crippen LogP contribution in [0.25, 0.3) is 76.9 Å². The molecule has 0 aliphatic rings. The summed E-state index contributed by atoms with van der Waals surface area (Å²) >= 11 is 1.74. The van der Waals surface area contributed by atoms with Gasteiger partial charge in [-0.3, -0.25) is 0 Å². The molecule has 58 heavy (non-hydrogen) atoms. The Balaban J connectivity index is 0.000000206. The first-order chi connectivity index (χ1) is 27.4. The third-order valence-electron chi connectivity index (χ3n) is 10.6. The number of hydrogen-bond acceptors (Lipinski definition) is 5. The summed E-state index contributed by atoms with van der Waals surface area (Å²) in [4.78, 5) is 14.5. The van der Waals surface area contributed by atoms with Gasteiger partial charge in [0.25, 0.3) is 0 Å². The smallest absolute Gasteiger partial charge is 0.148 e. The normalized spacial score (nSPS) is 11.6. The van der Waals surface area contributed by atoms with Crippen molar-refractivity contribution in [1.82, 2.24) is 15.0 Å². The van der Waals surface area contributed by atoms with E-state index in [1.807, 2.05) is 30.6 Å². The largest absolute Gasteiger partial charge is 0.498 e. The van der Waals surface area contributed by atoms with E-state index in [9.17, 15) is 0 Å². The van der Waals surface area contributed by atoms with Crippen molar-refractivity contribution in [2.75, 3.05) is 0 Å². The molecule has 9 rings (SSSR count). The third-order valence-corrected chi connectivity index (χ3v) is 12.0. The second-order valence-electron chi connectivity index (χ2n) is 16.4. The molecule has 0 spiro atoms. The van der Waals surface area contributed by atoms with Crippen molar-refractivity contribution in [1.29, 1.82) is 0 Å². The second kappa shape index (κ2) is 16.5. The van der Waals surface area contributed by atoms with Gasteiger partial charge < -0.3 is 14.4 Å². The van der Waals surface area contributed by atoms with Gasteiger partial charge in [0.1, 0.15) is 11.1 Å². The van der Waals surface area contributed by atoms with E-state index in [0.717, 1.165) is 59.7 Å². The van der Waals surface area contributed by atoms with Crippen molar-refractivity contribution in [3.05, 3.63) is 160 Å². The van der Waals surface area contributed by atoms with Crippen LogP contribution in [0.15, 0.2) is 120 Å². The fraction of sp³-hybridized carbons (Fsp3) is 0.212. The van der Waals surface area contributed by atoms with Crippen LogP contribution in [-0.4, -0.2) is 15.0 Å². The summed E-state index contributed by atoms with van der Waals surface area (Å²) in [5, 5.41) is 3.27. The van der Waals surface area contributed by atoms with Gasteiger partial charge in [0, 0.05) is 43.3 Å². The molecule has 4 nitrogen and oxygen atoms in total. The van der Waals surface area contributed by atoms with E-state index in [-0.39, 0.29) is 25.5 Å².